The maximum atomic E-state index is 15.3. The van der Waals surface area contributed by atoms with E-state index < -0.39 is 17.2 Å². The molecule has 1 aliphatic heterocycles. The molecule has 2 aliphatic rings. The molecule has 0 amide bonds. The van der Waals surface area contributed by atoms with Crippen molar-refractivity contribution >= 4 is 34.2 Å². The highest BCUT2D eigenvalue weighted by Crippen LogP contribution is 2.44. The third-order valence-electron chi connectivity index (χ3n) is 5.99. The molecule has 0 bridgehead atoms. The minimum absolute atomic E-state index is 0.0162. The van der Waals surface area contributed by atoms with Crippen molar-refractivity contribution in [2.45, 2.75) is 44.7 Å². The summed E-state index contributed by atoms with van der Waals surface area (Å²) in [6.45, 7) is 2.88. The summed E-state index contributed by atoms with van der Waals surface area (Å²) in [6.07, 6.45) is 4.37. The van der Waals surface area contributed by atoms with E-state index in [1.165, 1.54) is 13.3 Å². The molecule has 0 radical (unpaired) electrons. The molecular weight excluding hydrogens is 425 g/mol. The SMILES string of the molecule is COc1c(N2CCC(=C(Cl)C(C)N)CC2)c(F)cc2c(=O)c(C(=O)O)cn(C3CC3)c12. The van der Waals surface area contributed by atoms with Gasteiger partial charge in [0.25, 0.3) is 0 Å². The van der Waals surface area contributed by atoms with Crippen molar-refractivity contribution in [1.29, 1.82) is 0 Å². The second-order valence-corrected chi connectivity index (χ2v) is 8.59. The molecule has 2 heterocycles. The Kier molecular flexibility index (Phi) is 5.70. The average Bonchev–Trinajstić information content (AvgIpc) is 3.58. The van der Waals surface area contributed by atoms with Crippen molar-refractivity contribution in [2.75, 3.05) is 25.1 Å². The number of carbonyl (C=O) groups is 1. The topological polar surface area (TPSA) is 97.8 Å². The Balaban J connectivity index is 1.87. The third kappa shape index (κ3) is 3.78. The molecular formula is C22H25ClFN3O4. The van der Waals surface area contributed by atoms with E-state index in [2.05, 4.69) is 0 Å². The number of anilines is 1. The smallest absolute Gasteiger partial charge is 0.341 e. The van der Waals surface area contributed by atoms with Crippen molar-refractivity contribution in [3.05, 3.63) is 44.5 Å². The summed E-state index contributed by atoms with van der Waals surface area (Å²) < 4.78 is 22.7. The molecule has 1 saturated heterocycles. The van der Waals surface area contributed by atoms with Crippen LogP contribution < -0.4 is 20.8 Å². The van der Waals surface area contributed by atoms with Crippen molar-refractivity contribution < 1.29 is 19.0 Å². The summed E-state index contributed by atoms with van der Waals surface area (Å²) in [4.78, 5) is 26.3. The second kappa shape index (κ2) is 8.16. The molecule has 1 aliphatic carbocycles. The lowest BCUT2D eigenvalue weighted by Gasteiger charge is -2.33. The molecule has 9 heteroatoms. The lowest BCUT2D eigenvalue weighted by molar-refractivity contribution is 0.0695. The van der Waals surface area contributed by atoms with Crippen LogP contribution in [-0.4, -0.2) is 41.9 Å². The Bertz CT molecular complexity index is 1140. The van der Waals surface area contributed by atoms with Crippen LogP contribution in [0, 0.1) is 5.82 Å². The molecule has 1 aromatic carbocycles. The van der Waals surface area contributed by atoms with Gasteiger partial charge in [0, 0.05) is 36.4 Å². The van der Waals surface area contributed by atoms with Gasteiger partial charge < -0.3 is 25.0 Å². The second-order valence-electron chi connectivity index (χ2n) is 8.18. The number of methoxy groups -OCH3 is 1. The summed E-state index contributed by atoms with van der Waals surface area (Å²) in [7, 11) is 1.44. The molecule has 7 nitrogen and oxygen atoms in total. The lowest BCUT2D eigenvalue weighted by Crippen LogP contribution is -2.33. The maximum Gasteiger partial charge on any atom is 0.341 e. The Morgan fingerprint density at radius 3 is 2.52 bits per heavy atom. The summed E-state index contributed by atoms with van der Waals surface area (Å²) in [5.41, 5.74) is 6.59. The largest absolute Gasteiger partial charge is 0.492 e. The fourth-order valence-electron chi connectivity index (χ4n) is 4.29. The third-order valence-corrected chi connectivity index (χ3v) is 6.61. The monoisotopic (exact) mass is 449 g/mol. The van der Waals surface area contributed by atoms with Crippen LogP contribution in [0.2, 0.25) is 0 Å². The number of fused-ring (bicyclic) bond motifs is 1. The zero-order valence-electron chi connectivity index (χ0n) is 17.5. The number of hydrogen-bond acceptors (Lipinski definition) is 5. The molecule has 1 aromatic heterocycles. The normalized spacial score (nSPS) is 17.7. The summed E-state index contributed by atoms with van der Waals surface area (Å²) in [5, 5.41) is 10.1. The number of aromatic carboxylic acids is 1. The van der Waals surface area contributed by atoms with Crippen LogP contribution >= 0.6 is 11.6 Å². The van der Waals surface area contributed by atoms with Gasteiger partial charge in [-0.05, 0) is 38.7 Å². The van der Waals surface area contributed by atoms with Gasteiger partial charge in [0.1, 0.15) is 11.3 Å². The fourth-order valence-corrected chi connectivity index (χ4v) is 4.47. The first-order valence-corrected chi connectivity index (χ1v) is 10.7. The number of nitrogens with zero attached hydrogens (tertiary/aromatic N) is 2. The first kappa shape index (κ1) is 21.6. The number of nitrogens with two attached hydrogens (primary N) is 1. The predicted molar refractivity (Wildman–Crippen MR) is 118 cm³/mol. The number of rotatable bonds is 5. The molecule has 166 valence electrons. The van der Waals surface area contributed by atoms with Crippen LogP contribution in [-0.2, 0) is 0 Å². The molecule has 3 N–H and O–H groups in total. The first-order valence-electron chi connectivity index (χ1n) is 10.3. The summed E-state index contributed by atoms with van der Waals surface area (Å²) in [6, 6.07) is 0.960. The van der Waals surface area contributed by atoms with Crippen LogP contribution in [0.4, 0.5) is 10.1 Å². The van der Waals surface area contributed by atoms with Crippen LogP contribution in [0.3, 0.4) is 0 Å². The highest BCUT2D eigenvalue weighted by Gasteiger charge is 2.32. The Morgan fingerprint density at radius 1 is 1.35 bits per heavy atom. The van der Waals surface area contributed by atoms with Crippen molar-refractivity contribution in [3.8, 4) is 5.75 Å². The average molecular weight is 450 g/mol. The predicted octanol–water partition coefficient (Wildman–Crippen LogP) is 3.62. The highest BCUT2D eigenvalue weighted by molar-refractivity contribution is 6.30. The Morgan fingerprint density at radius 2 is 2.00 bits per heavy atom. The number of hydrogen-bond donors (Lipinski definition) is 2. The zero-order chi connectivity index (χ0) is 22.4. The van der Waals surface area contributed by atoms with E-state index in [1.807, 2.05) is 11.8 Å². The number of carboxylic acids is 1. The van der Waals surface area contributed by atoms with Gasteiger partial charge in [0.05, 0.1) is 18.0 Å². The Hall–Kier alpha value is -2.58. The van der Waals surface area contributed by atoms with E-state index >= 15 is 4.39 Å². The maximum absolute atomic E-state index is 15.3. The molecule has 4 rings (SSSR count). The van der Waals surface area contributed by atoms with E-state index in [0.29, 0.717) is 36.5 Å². The van der Waals surface area contributed by atoms with Gasteiger partial charge in [-0.25, -0.2) is 9.18 Å². The number of aromatic nitrogens is 1. The number of carboxylic acid groups (broad SMARTS) is 1. The molecule has 0 spiro atoms. The van der Waals surface area contributed by atoms with Gasteiger partial charge in [0.15, 0.2) is 11.6 Å². The minimum Gasteiger partial charge on any atom is -0.492 e. The molecule has 2 aromatic rings. The number of halogens is 2. The molecule has 1 unspecified atom stereocenters. The van der Waals surface area contributed by atoms with Crippen molar-refractivity contribution in [2.24, 2.45) is 5.73 Å². The van der Waals surface area contributed by atoms with E-state index in [0.717, 1.165) is 24.5 Å². The summed E-state index contributed by atoms with van der Waals surface area (Å²) in [5.74, 6) is -1.69. The van der Waals surface area contributed by atoms with Gasteiger partial charge in [-0.3, -0.25) is 4.79 Å². The molecule has 1 saturated carbocycles. The van der Waals surface area contributed by atoms with E-state index in [1.54, 1.807) is 4.57 Å². The summed E-state index contributed by atoms with van der Waals surface area (Å²) >= 11 is 6.33. The van der Waals surface area contributed by atoms with Crippen LogP contribution in [0.1, 0.15) is 49.0 Å². The first-order chi connectivity index (χ1) is 14.7. The number of piperidine rings is 1. The minimum atomic E-state index is -1.33. The van der Waals surface area contributed by atoms with Crippen LogP contribution in [0.15, 0.2) is 27.7 Å². The Labute approximate surface area is 183 Å². The molecule has 31 heavy (non-hydrogen) atoms. The molecule has 1 atom stereocenters. The fraction of sp³-hybridized carbons (Fsp3) is 0.455. The van der Waals surface area contributed by atoms with E-state index in [4.69, 9.17) is 22.1 Å². The highest BCUT2D eigenvalue weighted by atomic mass is 35.5. The molecule has 2 fully saturated rings. The number of pyridine rings is 1. The lowest BCUT2D eigenvalue weighted by atomic mass is 10.00. The van der Waals surface area contributed by atoms with Crippen LogP contribution in [0.5, 0.6) is 5.75 Å². The zero-order valence-corrected chi connectivity index (χ0v) is 18.2. The van der Waals surface area contributed by atoms with Gasteiger partial charge >= 0.3 is 5.97 Å². The number of ether oxygens (including phenoxy) is 1. The van der Waals surface area contributed by atoms with Gasteiger partial charge in [0.2, 0.25) is 5.43 Å². The van der Waals surface area contributed by atoms with Crippen molar-refractivity contribution in [1.82, 2.24) is 4.57 Å². The van der Waals surface area contributed by atoms with Gasteiger partial charge in [-0.15, -0.1) is 0 Å². The quantitative estimate of drug-likeness (QED) is 0.723. The van der Waals surface area contributed by atoms with Gasteiger partial charge in [-0.1, -0.05) is 17.2 Å². The van der Waals surface area contributed by atoms with E-state index in [-0.39, 0.29) is 34.5 Å². The van der Waals surface area contributed by atoms with Gasteiger partial charge in [-0.2, -0.15) is 0 Å². The van der Waals surface area contributed by atoms with Crippen LogP contribution in [0.25, 0.3) is 10.9 Å². The van der Waals surface area contributed by atoms with Crippen molar-refractivity contribution in [3.63, 3.8) is 0 Å². The van der Waals surface area contributed by atoms with E-state index in [9.17, 15) is 14.7 Å². The number of benzene rings is 1. The standard InChI is InChI=1S/C22H25ClFN3O4/c1-11(25)17(23)12-5-7-26(8-6-12)19-16(24)9-14-18(21(19)31-2)27(13-3-4-13)10-15(20(14)28)22(29)30/h9-11,13H,3-8,25H2,1-2H3,(H,29,30).